The molecule has 214 valence electrons. The van der Waals surface area contributed by atoms with E-state index in [1.165, 1.54) is 0 Å². The summed E-state index contributed by atoms with van der Waals surface area (Å²) >= 11 is 0. The molecular weight excluding hydrogens is 532 g/mol. The number of hydrogen-bond acceptors (Lipinski definition) is 9. The number of ether oxygens (including phenoxy) is 1. The second-order valence-electron chi connectivity index (χ2n) is 10.5. The molecule has 0 aliphatic carbocycles. The largest absolute Gasteiger partial charge is 0.459 e. The van der Waals surface area contributed by atoms with Gasteiger partial charge in [-0.1, -0.05) is 29.8 Å². The van der Waals surface area contributed by atoms with Crippen molar-refractivity contribution < 1.29 is 22.7 Å². The number of aryl methyl sites for hydroxylation is 3. The van der Waals surface area contributed by atoms with Crippen LogP contribution in [0.3, 0.4) is 0 Å². The van der Waals surface area contributed by atoms with Crippen LogP contribution >= 0.6 is 0 Å². The number of nitrogens with zero attached hydrogens (tertiary/aromatic N) is 2. The Morgan fingerprint density at radius 3 is 2.23 bits per heavy atom. The Kier molecular flexibility index (Phi) is 9.48. The molecule has 0 bridgehead atoms. The van der Waals surface area contributed by atoms with Crippen LogP contribution in [0.2, 0.25) is 0 Å². The molecular formula is C28H36N6O5S. The lowest BCUT2D eigenvalue weighted by molar-refractivity contribution is -0.156. The molecule has 1 amide bonds. The van der Waals surface area contributed by atoms with E-state index in [-0.39, 0.29) is 17.4 Å². The molecule has 1 atom stereocenters. The van der Waals surface area contributed by atoms with Gasteiger partial charge in [0.25, 0.3) is 5.91 Å². The monoisotopic (exact) mass is 568 g/mol. The van der Waals surface area contributed by atoms with E-state index in [0.29, 0.717) is 29.1 Å². The molecule has 0 aliphatic rings. The minimum atomic E-state index is -4.11. The van der Waals surface area contributed by atoms with E-state index in [4.69, 9.17) is 10.5 Å². The molecule has 2 aromatic carbocycles. The molecule has 11 nitrogen and oxygen atoms in total. The number of carbonyl (C=O) groups is 2. The van der Waals surface area contributed by atoms with E-state index in [0.717, 1.165) is 11.1 Å². The summed E-state index contributed by atoms with van der Waals surface area (Å²) in [5, 5.41) is 5.77. The van der Waals surface area contributed by atoms with Gasteiger partial charge in [0.1, 0.15) is 17.5 Å². The zero-order valence-electron chi connectivity index (χ0n) is 23.5. The Morgan fingerprint density at radius 2 is 1.65 bits per heavy atom. The van der Waals surface area contributed by atoms with Gasteiger partial charge in [0.15, 0.2) is 0 Å². The summed E-state index contributed by atoms with van der Waals surface area (Å²) in [5.74, 6) is -0.543. The summed E-state index contributed by atoms with van der Waals surface area (Å²) in [6.07, 6.45) is 1.55. The number of rotatable bonds is 10. The van der Waals surface area contributed by atoms with E-state index in [1.807, 2.05) is 6.92 Å². The van der Waals surface area contributed by atoms with Crippen LogP contribution in [-0.4, -0.2) is 48.4 Å². The quantitative estimate of drug-likeness (QED) is 0.269. The van der Waals surface area contributed by atoms with Crippen molar-refractivity contribution in [2.45, 2.75) is 64.6 Å². The van der Waals surface area contributed by atoms with Crippen molar-refractivity contribution in [3.8, 4) is 0 Å². The third-order valence-electron chi connectivity index (χ3n) is 5.69. The highest BCUT2D eigenvalue weighted by Gasteiger charge is 2.31. The number of sulfonamides is 1. The average molecular weight is 569 g/mol. The van der Waals surface area contributed by atoms with Crippen LogP contribution in [0.5, 0.6) is 0 Å². The predicted octanol–water partition coefficient (Wildman–Crippen LogP) is 3.01. The second kappa shape index (κ2) is 12.4. The van der Waals surface area contributed by atoms with Gasteiger partial charge in [0, 0.05) is 24.8 Å². The first-order valence-corrected chi connectivity index (χ1v) is 14.2. The van der Waals surface area contributed by atoms with Gasteiger partial charge < -0.3 is 21.1 Å². The highest BCUT2D eigenvalue weighted by Crippen LogP contribution is 2.22. The molecule has 0 spiro atoms. The van der Waals surface area contributed by atoms with Gasteiger partial charge in [-0.3, -0.25) is 9.59 Å². The van der Waals surface area contributed by atoms with Crippen LogP contribution in [0.15, 0.2) is 53.6 Å². The van der Waals surface area contributed by atoms with Gasteiger partial charge >= 0.3 is 5.97 Å². The number of nitrogens with two attached hydrogens (primary N) is 1. The molecule has 40 heavy (non-hydrogen) atoms. The van der Waals surface area contributed by atoms with Gasteiger partial charge in [-0.15, -0.1) is 0 Å². The standard InChI is InChI=1S/C28H36N6O5S/c1-17-13-18(2)24(19(3)14-17)40(37,38)34-22(26(36)39-28(4,5)6)16-32-25(35)21-9-7-20(8-10-21)15-31-23-11-12-30-27(29)33-23/h7-14,22,34H,15-16H2,1-6H3,(H,32,35)(H3,29,30,31,33). The minimum Gasteiger partial charge on any atom is -0.459 e. The summed E-state index contributed by atoms with van der Waals surface area (Å²) in [4.78, 5) is 33.9. The topological polar surface area (TPSA) is 165 Å². The Bertz CT molecular complexity index is 1460. The van der Waals surface area contributed by atoms with Crippen LogP contribution in [0, 0.1) is 20.8 Å². The van der Waals surface area contributed by atoms with E-state index in [1.54, 1.807) is 83.3 Å². The molecule has 0 saturated carbocycles. The molecule has 1 unspecified atom stereocenters. The number of nitrogens with one attached hydrogen (secondary N) is 3. The van der Waals surface area contributed by atoms with E-state index < -0.39 is 33.5 Å². The summed E-state index contributed by atoms with van der Waals surface area (Å²) in [6, 6.07) is 10.7. The van der Waals surface area contributed by atoms with Crippen molar-refractivity contribution in [1.82, 2.24) is 20.0 Å². The number of carbonyl (C=O) groups excluding carboxylic acids is 2. The van der Waals surface area contributed by atoms with E-state index >= 15 is 0 Å². The summed E-state index contributed by atoms with van der Waals surface area (Å²) in [6.45, 7) is 10.4. The molecule has 1 heterocycles. The average Bonchev–Trinajstić information content (AvgIpc) is 2.83. The number of benzene rings is 2. The summed E-state index contributed by atoms with van der Waals surface area (Å²) in [5.41, 5.74) is 7.98. The fourth-order valence-electron chi connectivity index (χ4n) is 4.12. The molecule has 12 heteroatoms. The van der Waals surface area contributed by atoms with Gasteiger partial charge in [-0.25, -0.2) is 13.4 Å². The number of amides is 1. The number of aromatic nitrogens is 2. The lowest BCUT2D eigenvalue weighted by Crippen LogP contribution is -2.50. The maximum absolute atomic E-state index is 13.3. The van der Waals surface area contributed by atoms with E-state index in [9.17, 15) is 18.0 Å². The molecule has 0 fully saturated rings. The Morgan fingerprint density at radius 1 is 1.02 bits per heavy atom. The fourth-order valence-corrected chi connectivity index (χ4v) is 5.76. The van der Waals surface area contributed by atoms with Crippen LogP contribution in [0.4, 0.5) is 11.8 Å². The highest BCUT2D eigenvalue weighted by atomic mass is 32.2. The fraction of sp³-hybridized carbons (Fsp3) is 0.357. The molecule has 0 radical (unpaired) electrons. The van der Waals surface area contributed by atoms with Crippen molar-refractivity contribution in [3.05, 3.63) is 76.5 Å². The maximum Gasteiger partial charge on any atom is 0.326 e. The summed E-state index contributed by atoms with van der Waals surface area (Å²) < 4.78 is 34.6. The van der Waals surface area contributed by atoms with Crippen LogP contribution < -0.4 is 21.1 Å². The number of esters is 1. The normalized spacial score (nSPS) is 12.4. The van der Waals surface area contributed by atoms with Gasteiger partial charge in [0.2, 0.25) is 16.0 Å². The molecule has 3 aromatic rings. The Balaban J connectivity index is 1.71. The van der Waals surface area contributed by atoms with Gasteiger partial charge in [0.05, 0.1) is 4.90 Å². The first kappa shape index (κ1) is 30.5. The van der Waals surface area contributed by atoms with Crippen molar-refractivity contribution in [1.29, 1.82) is 0 Å². The first-order chi connectivity index (χ1) is 18.6. The van der Waals surface area contributed by atoms with Crippen LogP contribution in [0.1, 0.15) is 53.4 Å². The van der Waals surface area contributed by atoms with Gasteiger partial charge in [-0.2, -0.15) is 9.71 Å². The van der Waals surface area contributed by atoms with Crippen LogP contribution in [0.25, 0.3) is 0 Å². The van der Waals surface area contributed by atoms with E-state index in [2.05, 4.69) is 25.3 Å². The smallest absolute Gasteiger partial charge is 0.326 e. The zero-order chi connectivity index (χ0) is 29.7. The predicted molar refractivity (Wildman–Crippen MR) is 153 cm³/mol. The second-order valence-corrected chi connectivity index (χ2v) is 12.1. The highest BCUT2D eigenvalue weighted by molar-refractivity contribution is 7.89. The van der Waals surface area contributed by atoms with Crippen LogP contribution in [-0.2, 0) is 26.1 Å². The van der Waals surface area contributed by atoms with Crippen molar-refractivity contribution in [2.75, 3.05) is 17.6 Å². The minimum absolute atomic E-state index is 0.0897. The lowest BCUT2D eigenvalue weighted by Gasteiger charge is -2.25. The Hall–Kier alpha value is -4.03. The lowest BCUT2D eigenvalue weighted by atomic mass is 10.1. The van der Waals surface area contributed by atoms with Crippen molar-refractivity contribution >= 4 is 33.7 Å². The molecule has 3 rings (SSSR count). The van der Waals surface area contributed by atoms with Crippen molar-refractivity contribution in [2.24, 2.45) is 0 Å². The molecule has 5 N–H and O–H groups in total. The van der Waals surface area contributed by atoms with Gasteiger partial charge in [-0.05, 0) is 76.4 Å². The molecule has 0 saturated heterocycles. The first-order valence-electron chi connectivity index (χ1n) is 12.7. The van der Waals surface area contributed by atoms with Crippen molar-refractivity contribution in [3.63, 3.8) is 0 Å². The maximum atomic E-state index is 13.3. The number of nitrogen functional groups attached to an aromatic ring is 1. The number of hydrogen-bond donors (Lipinski definition) is 4. The summed E-state index contributed by atoms with van der Waals surface area (Å²) in [7, 11) is -4.11. The third-order valence-corrected chi connectivity index (χ3v) is 7.47. The Labute approximate surface area is 235 Å². The molecule has 0 aliphatic heterocycles. The third kappa shape index (κ3) is 8.48. The molecule has 1 aromatic heterocycles. The number of anilines is 2. The SMILES string of the molecule is Cc1cc(C)c(S(=O)(=O)NC(CNC(=O)c2ccc(CNc3ccnc(N)n3)cc2)C(=O)OC(C)(C)C)c(C)c1. The zero-order valence-corrected chi connectivity index (χ0v) is 24.3.